The summed E-state index contributed by atoms with van der Waals surface area (Å²) in [5.74, 6) is 0.768. The molecule has 2 rings (SSSR count). The van der Waals surface area contributed by atoms with Crippen molar-refractivity contribution in [3.63, 3.8) is 0 Å². The Bertz CT molecular complexity index is 199. The van der Waals surface area contributed by atoms with E-state index in [1.54, 1.807) is 0 Å². The van der Waals surface area contributed by atoms with Crippen LogP contribution < -0.4 is 5.73 Å². The minimum atomic E-state index is -0.329. The third-order valence-corrected chi connectivity index (χ3v) is 4.72. The molecule has 0 aromatic heterocycles. The van der Waals surface area contributed by atoms with Crippen molar-refractivity contribution < 1.29 is 5.11 Å². The highest BCUT2D eigenvalue weighted by molar-refractivity contribution is 4.80. The molecule has 1 aliphatic heterocycles. The van der Waals surface area contributed by atoms with E-state index < -0.39 is 0 Å². The van der Waals surface area contributed by atoms with E-state index in [9.17, 15) is 5.11 Å². The normalized spacial score (nSPS) is 27.0. The van der Waals surface area contributed by atoms with Crippen molar-refractivity contribution >= 4 is 0 Å². The summed E-state index contributed by atoms with van der Waals surface area (Å²) < 4.78 is 0. The minimum absolute atomic E-state index is 0.0185. The molecule has 2 atom stereocenters. The molecular formula is C15H30N2O. The summed E-state index contributed by atoms with van der Waals surface area (Å²) in [5, 5.41) is 10.2. The van der Waals surface area contributed by atoms with E-state index in [1.165, 1.54) is 51.4 Å². The Kier molecular flexibility index (Phi) is 5.93. The van der Waals surface area contributed by atoms with E-state index in [0.717, 1.165) is 32.0 Å². The predicted octanol–water partition coefficient (Wildman–Crippen LogP) is 2.13. The van der Waals surface area contributed by atoms with Crippen LogP contribution in [0.25, 0.3) is 0 Å². The summed E-state index contributed by atoms with van der Waals surface area (Å²) >= 11 is 0. The van der Waals surface area contributed by atoms with Crippen LogP contribution in [0.3, 0.4) is 0 Å². The first-order valence-corrected chi connectivity index (χ1v) is 7.91. The van der Waals surface area contributed by atoms with Crippen molar-refractivity contribution in [2.75, 3.05) is 19.6 Å². The van der Waals surface area contributed by atoms with E-state index in [4.69, 9.17) is 5.73 Å². The van der Waals surface area contributed by atoms with Crippen LogP contribution in [0.4, 0.5) is 0 Å². The zero-order valence-electron chi connectivity index (χ0n) is 11.7. The number of hydrogen-bond acceptors (Lipinski definition) is 3. The Morgan fingerprint density at radius 1 is 1.00 bits per heavy atom. The molecule has 1 unspecified atom stereocenters. The lowest BCUT2D eigenvalue weighted by Gasteiger charge is -2.32. The van der Waals surface area contributed by atoms with E-state index in [0.29, 0.717) is 0 Å². The van der Waals surface area contributed by atoms with Crippen molar-refractivity contribution in [1.29, 1.82) is 0 Å². The highest BCUT2D eigenvalue weighted by atomic mass is 16.3. The quantitative estimate of drug-likeness (QED) is 0.790. The molecular weight excluding hydrogens is 224 g/mol. The molecule has 0 radical (unpaired) electrons. The maximum atomic E-state index is 10.2. The topological polar surface area (TPSA) is 49.5 Å². The average Bonchev–Trinajstić information content (AvgIpc) is 2.41. The second kappa shape index (κ2) is 7.46. The zero-order chi connectivity index (χ0) is 12.8. The number of aliphatic hydroxyl groups is 1. The average molecular weight is 254 g/mol. The van der Waals surface area contributed by atoms with Crippen molar-refractivity contribution in [3.05, 3.63) is 0 Å². The van der Waals surface area contributed by atoms with Crippen molar-refractivity contribution in [3.8, 4) is 0 Å². The summed E-state index contributed by atoms with van der Waals surface area (Å²) in [6, 6.07) is -0.0185. The molecule has 0 aromatic rings. The van der Waals surface area contributed by atoms with Gasteiger partial charge in [0.25, 0.3) is 0 Å². The third-order valence-electron chi connectivity index (χ3n) is 4.72. The molecule has 18 heavy (non-hydrogen) atoms. The molecule has 3 nitrogen and oxygen atoms in total. The van der Waals surface area contributed by atoms with Crippen LogP contribution in [0.2, 0.25) is 0 Å². The van der Waals surface area contributed by atoms with Crippen LogP contribution in [0, 0.1) is 5.92 Å². The second-order valence-electron chi connectivity index (χ2n) is 6.33. The molecule has 1 saturated heterocycles. The van der Waals surface area contributed by atoms with Gasteiger partial charge in [-0.05, 0) is 38.3 Å². The van der Waals surface area contributed by atoms with Crippen molar-refractivity contribution in [2.24, 2.45) is 11.7 Å². The Balaban J connectivity index is 1.68. The molecule has 1 saturated carbocycles. The van der Waals surface area contributed by atoms with Gasteiger partial charge in [0.1, 0.15) is 0 Å². The zero-order valence-corrected chi connectivity index (χ0v) is 11.7. The maximum absolute atomic E-state index is 10.2. The largest absolute Gasteiger partial charge is 0.390 e. The molecule has 1 heterocycles. The van der Waals surface area contributed by atoms with Gasteiger partial charge in [-0.25, -0.2) is 0 Å². The van der Waals surface area contributed by atoms with E-state index >= 15 is 0 Å². The number of hydrogen-bond donors (Lipinski definition) is 2. The summed E-state index contributed by atoms with van der Waals surface area (Å²) in [6.45, 7) is 3.08. The molecule has 3 N–H and O–H groups in total. The summed E-state index contributed by atoms with van der Waals surface area (Å²) in [4.78, 5) is 2.38. The van der Waals surface area contributed by atoms with Gasteiger partial charge in [-0.15, -0.1) is 0 Å². The standard InChI is InChI=1S/C15H30N2O/c16-14(11-13-7-3-1-4-8-13)15(18)12-17-9-5-2-6-10-17/h13-15,18H,1-12,16H2/t14-,15?/m0/s1. The number of nitrogens with zero attached hydrogens (tertiary/aromatic N) is 1. The van der Waals surface area contributed by atoms with Crippen LogP contribution in [0.15, 0.2) is 0 Å². The number of nitrogens with two attached hydrogens (primary N) is 1. The summed E-state index contributed by atoms with van der Waals surface area (Å²) in [6.07, 6.45) is 11.4. The number of rotatable bonds is 5. The molecule has 0 aromatic carbocycles. The van der Waals surface area contributed by atoms with E-state index in [2.05, 4.69) is 4.90 Å². The third kappa shape index (κ3) is 4.52. The lowest BCUT2D eigenvalue weighted by Crippen LogP contribution is -2.45. The number of piperidine rings is 1. The fourth-order valence-electron chi connectivity index (χ4n) is 3.51. The lowest BCUT2D eigenvalue weighted by atomic mass is 9.84. The van der Waals surface area contributed by atoms with Gasteiger partial charge in [0, 0.05) is 12.6 Å². The molecule has 0 bridgehead atoms. The van der Waals surface area contributed by atoms with Crippen LogP contribution in [0.5, 0.6) is 0 Å². The van der Waals surface area contributed by atoms with Crippen LogP contribution in [-0.4, -0.2) is 41.8 Å². The first kappa shape index (κ1) is 14.3. The van der Waals surface area contributed by atoms with Gasteiger partial charge >= 0.3 is 0 Å². The lowest BCUT2D eigenvalue weighted by molar-refractivity contribution is 0.0726. The highest BCUT2D eigenvalue weighted by Gasteiger charge is 2.23. The van der Waals surface area contributed by atoms with Crippen LogP contribution >= 0.6 is 0 Å². The molecule has 2 aliphatic rings. The fourth-order valence-corrected chi connectivity index (χ4v) is 3.51. The molecule has 3 heteroatoms. The Hall–Kier alpha value is -0.120. The molecule has 0 amide bonds. The number of aliphatic hydroxyl groups excluding tert-OH is 1. The van der Waals surface area contributed by atoms with Crippen LogP contribution in [0.1, 0.15) is 57.8 Å². The smallest absolute Gasteiger partial charge is 0.0817 e. The first-order chi connectivity index (χ1) is 8.75. The van der Waals surface area contributed by atoms with Gasteiger partial charge < -0.3 is 15.7 Å². The molecule has 1 aliphatic carbocycles. The van der Waals surface area contributed by atoms with Crippen LogP contribution in [-0.2, 0) is 0 Å². The molecule has 106 valence electrons. The van der Waals surface area contributed by atoms with Gasteiger partial charge in [-0.3, -0.25) is 0 Å². The molecule has 2 fully saturated rings. The maximum Gasteiger partial charge on any atom is 0.0817 e. The van der Waals surface area contributed by atoms with Crippen molar-refractivity contribution in [1.82, 2.24) is 4.90 Å². The summed E-state index contributed by atoms with van der Waals surface area (Å²) in [5.41, 5.74) is 6.19. The number of β-amino-alcohol motifs (C(OH)–C–C–N with tert-alkyl or cyclic N) is 1. The number of likely N-dealkylation sites (tertiary alicyclic amines) is 1. The predicted molar refractivity (Wildman–Crippen MR) is 75.5 cm³/mol. The SMILES string of the molecule is N[C@@H](CC1CCCCC1)C(O)CN1CCCCC1. The van der Waals surface area contributed by atoms with E-state index in [1.807, 2.05) is 0 Å². The minimum Gasteiger partial charge on any atom is -0.390 e. The van der Waals surface area contributed by atoms with Gasteiger partial charge in [-0.2, -0.15) is 0 Å². The second-order valence-corrected chi connectivity index (χ2v) is 6.33. The Labute approximate surface area is 112 Å². The first-order valence-electron chi connectivity index (χ1n) is 7.91. The summed E-state index contributed by atoms with van der Waals surface area (Å²) in [7, 11) is 0. The van der Waals surface area contributed by atoms with Gasteiger partial charge in [0.15, 0.2) is 0 Å². The fraction of sp³-hybridized carbons (Fsp3) is 1.00. The monoisotopic (exact) mass is 254 g/mol. The van der Waals surface area contributed by atoms with Gasteiger partial charge in [0.05, 0.1) is 6.10 Å². The van der Waals surface area contributed by atoms with Crippen molar-refractivity contribution in [2.45, 2.75) is 69.9 Å². The Morgan fingerprint density at radius 2 is 1.61 bits per heavy atom. The molecule has 0 spiro atoms. The van der Waals surface area contributed by atoms with Gasteiger partial charge in [-0.1, -0.05) is 38.5 Å². The van der Waals surface area contributed by atoms with E-state index in [-0.39, 0.29) is 12.1 Å². The van der Waals surface area contributed by atoms with Gasteiger partial charge in [0.2, 0.25) is 0 Å². The highest BCUT2D eigenvalue weighted by Crippen LogP contribution is 2.27. The Morgan fingerprint density at radius 3 is 2.28 bits per heavy atom.